The van der Waals surface area contributed by atoms with Crippen molar-refractivity contribution in [2.24, 2.45) is 0 Å². The molecular formula is C23H23N5O2. The van der Waals surface area contributed by atoms with Gasteiger partial charge in [-0.15, -0.1) is 0 Å². The summed E-state index contributed by atoms with van der Waals surface area (Å²) in [5.74, 6) is 1.32. The van der Waals surface area contributed by atoms with E-state index in [0.717, 1.165) is 29.7 Å². The first-order valence-electron chi connectivity index (χ1n) is 10.3. The predicted octanol–water partition coefficient (Wildman–Crippen LogP) is 3.42. The molecule has 2 aromatic carbocycles. The largest absolute Gasteiger partial charge is 0.346 e. The van der Waals surface area contributed by atoms with Gasteiger partial charge in [0.05, 0.1) is 28.0 Å². The van der Waals surface area contributed by atoms with Crippen molar-refractivity contribution in [3.8, 4) is 0 Å². The minimum Gasteiger partial charge on any atom is -0.346 e. The first-order chi connectivity index (χ1) is 14.6. The number of aryl methyl sites for hydroxylation is 1. The number of fused-ring (bicyclic) bond motifs is 2. The van der Waals surface area contributed by atoms with Crippen LogP contribution in [0.4, 0.5) is 0 Å². The number of benzene rings is 2. The zero-order valence-electron chi connectivity index (χ0n) is 16.8. The Hall–Kier alpha value is -3.48. The van der Waals surface area contributed by atoms with Crippen LogP contribution in [0, 0.1) is 0 Å². The predicted molar refractivity (Wildman–Crippen MR) is 115 cm³/mol. The third-order valence-corrected chi connectivity index (χ3v) is 5.56. The zero-order valence-corrected chi connectivity index (χ0v) is 16.8. The molecule has 1 fully saturated rings. The Balaban J connectivity index is 1.32. The molecule has 0 spiro atoms. The Kier molecular flexibility index (Phi) is 4.58. The number of H-pyrrole nitrogens is 1. The van der Waals surface area contributed by atoms with Gasteiger partial charge in [-0.2, -0.15) is 0 Å². The number of amides is 1. The maximum absolute atomic E-state index is 12.9. The van der Waals surface area contributed by atoms with E-state index in [2.05, 4.69) is 15.3 Å². The van der Waals surface area contributed by atoms with E-state index in [1.165, 1.54) is 0 Å². The van der Waals surface area contributed by atoms with Crippen LogP contribution in [0.1, 0.15) is 49.9 Å². The molecule has 0 saturated heterocycles. The maximum Gasteiger partial charge on any atom is 0.261 e. The molecule has 30 heavy (non-hydrogen) atoms. The maximum atomic E-state index is 12.9. The number of hydrogen-bond donors (Lipinski definition) is 2. The standard InChI is InChI=1S/C23H23N5O2/c1-14(22-26-18-8-4-5-9-19(18)27-22)24-21(29)13-12-20-25-17-7-3-2-6-16(17)23(30)28(20)15-10-11-15/h2-9,14-15H,10-13H2,1H3,(H,24,29)(H,26,27). The topological polar surface area (TPSA) is 92.7 Å². The van der Waals surface area contributed by atoms with E-state index in [9.17, 15) is 9.59 Å². The molecule has 2 heterocycles. The smallest absolute Gasteiger partial charge is 0.261 e. The zero-order chi connectivity index (χ0) is 20.7. The molecule has 1 saturated carbocycles. The third-order valence-electron chi connectivity index (χ3n) is 5.56. The summed E-state index contributed by atoms with van der Waals surface area (Å²) in [6.07, 6.45) is 2.67. The Morgan fingerprint density at radius 3 is 2.63 bits per heavy atom. The van der Waals surface area contributed by atoms with Crippen molar-refractivity contribution in [3.63, 3.8) is 0 Å². The Morgan fingerprint density at radius 2 is 1.87 bits per heavy atom. The molecule has 0 aliphatic heterocycles. The molecule has 1 aliphatic carbocycles. The molecule has 5 rings (SSSR count). The van der Waals surface area contributed by atoms with Crippen LogP contribution in [0.5, 0.6) is 0 Å². The number of imidazole rings is 1. The number of carbonyl (C=O) groups excluding carboxylic acids is 1. The van der Waals surface area contributed by atoms with Crippen molar-refractivity contribution in [1.82, 2.24) is 24.8 Å². The van der Waals surface area contributed by atoms with Crippen LogP contribution in [0.25, 0.3) is 21.9 Å². The fourth-order valence-corrected chi connectivity index (χ4v) is 3.86. The Morgan fingerprint density at radius 1 is 1.13 bits per heavy atom. The molecule has 1 atom stereocenters. The van der Waals surface area contributed by atoms with E-state index in [0.29, 0.717) is 23.1 Å². The van der Waals surface area contributed by atoms with Gasteiger partial charge in [0.1, 0.15) is 11.6 Å². The van der Waals surface area contributed by atoms with E-state index >= 15 is 0 Å². The summed E-state index contributed by atoms with van der Waals surface area (Å²) in [4.78, 5) is 38.0. The Labute approximate surface area is 173 Å². The monoisotopic (exact) mass is 401 g/mol. The lowest BCUT2D eigenvalue weighted by molar-refractivity contribution is -0.121. The fraction of sp³-hybridized carbons (Fsp3) is 0.304. The minimum atomic E-state index is -0.236. The molecule has 1 unspecified atom stereocenters. The SMILES string of the molecule is CC(NC(=O)CCc1nc2ccccc2c(=O)n1C1CC1)c1nc2ccccc2[nH]1. The highest BCUT2D eigenvalue weighted by atomic mass is 16.1. The van der Waals surface area contributed by atoms with Crippen LogP contribution in [-0.4, -0.2) is 25.4 Å². The van der Waals surface area contributed by atoms with Crippen molar-refractivity contribution in [2.75, 3.05) is 0 Å². The molecule has 0 radical (unpaired) electrons. The van der Waals surface area contributed by atoms with Gasteiger partial charge in [-0.3, -0.25) is 14.2 Å². The second-order valence-electron chi connectivity index (χ2n) is 7.88. The molecule has 1 amide bonds. The van der Waals surface area contributed by atoms with E-state index in [4.69, 9.17) is 4.98 Å². The van der Waals surface area contributed by atoms with E-state index in [1.54, 1.807) is 4.57 Å². The lowest BCUT2D eigenvalue weighted by Crippen LogP contribution is -2.29. The second kappa shape index (κ2) is 7.40. The Bertz CT molecular complexity index is 1270. The summed E-state index contributed by atoms with van der Waals surface area (Å²) in [7, 11) is 0. The quantitative estimate of drug-likeness (QED) is 0.518. The van der Waals surface area contributed by atoms with E-state index in [1.807, 2.05) is 55.5 Å². The first-order valence-corrected chi connectivity index (χ1v) is 10.3. The van der Waals surface area contributed by atoms with Crippen molar-refractivity contribution >= 4 is 27.8 Å². The van der Waals surface area contributed by atoms with Crippen molar-refractivity contribution in [3.05, 3.63) is 70.5 Å². The number of hydrogen-bond acceptors (Lipinski definition) is 4. The molecule has 1 aliphatic rings. The van der Waals surface area contributed by atoms with Crippen molar-refractivity contribution in [2.45, 2.75) is 44.7 Å². The number of nitrogens with one attached hydrogen (secondary N) is 2. The number of carbonyl (C=O) groups is 1. The summed E-state index contributed by atoms with van der Waals surface area (Å²) in [5.41, 5.74) is 2.50. The van der Waals surface area contributed by atoms with Gasteiger partial charge in [-0.1, -0.05) is 24.3 Å². The molecule has 2 aromatic heterocycles. The molecular weight excluding hydrogens is 378 g/mol. The highest BCUT2D eigenvalue weighted by Crippen LogP contribution is 2.34. The van der Waals surface area contributed by atoms with Crippen LogP contribution in [0.15, 0.2) is 53.3 Å². The van der Waals surface area contributed by atoms with Gasteiger partial charge in [0, 0.05) is 18.9 Å². The molecule has 0 bridgehead atoms. The van der Waals surface area contributed by atoms with Gasteiger partial charge in [0.2, 0.25) is 5.91 Å². The highest BCUT2D eigenvalue weighted by Gasteiger charge is 2.28. The first kappa shape index (κ1) is 18.5. The lowest BCUT2D eigenvalue weighted by atomic mass is 10.2. The molecule has 4 aromatic rings. The summed E-state index contributed by atoms with van der Waals surface area (Å²) < 4.78 is 1.79. The minimum absolute atomic E-state index is 0.00541. The third kappa shape index (κ3) is 3.47. The van der Waals surface area contributed by atoms with Gasteiger partial charge in [-0.05, 0) is 44.0 Å². The summed E-state index contributed by atoms with van der Waals surface area (Å²) >= 11 is 0. The average molecular weight is 401 g/mol. The van der Waals surface area contributed by atoms with Gasteiger partial charge >= 0.3 is 0 Å². The summed E-state index contributed by atoms with van der Waals surface area (Å²) in [6, 6.07) is 15.2. The molecule has 7 heteroatoms. The fourth-order valence-electron chi connectivity index (χ4n) is 3.86. The van der Waals surface area contributed by atoms with Crippen LogP contribution in [0.3, 0.4) is 0 Å². The summed E-state index contributed by atoms with van der Waals surface area (Å²) in [5, 5.41) is 3.63. The average Bonchev–Trinajstić information content (AvgIpc) is 3.48. The van der Waals surface area contributed by atoms with Gasteiger partial charge < -0.3 is 10.3 Å². The van der Waals surface area contributed by atoms with E-state index < -0.39 is 0 Å². The summed E-state index contributed by atoms with van der Waals surface area (Å²) in [6.45, 7) is 1.91. The second-order valence-corrected chi connectivity index (χ2v) is 7.88. The molecule has 2 N–H and O–H groups in total. The van der Waals surface area contributed by atoms with Gasteiger partial charge in [0.25, 0.3) is 5.56 Å². The normalized spacial score (nSPS) is 14.8. The number of aromatic amines is 1. The molecule has 7 nitrogen and oxygen atoms in total. The number of aromatic nitrogens is 4. The number of nitrogens with zero attached hydrogens (tertiary/aromatic N) is 3. The highest BCUT2D eigenvalue weighted by molar-refractivity contribution is 5.79. The van der Waals surface area contributed by atoms with Crippen LogP contribution in [-0.2, 0) is 11.2 Å². The number of para-hydroxylation sites is 3. The number of rotatable bonds is 6. The van der Waals surface area contributed by atoms with Gasteiger partial charge in [-0.25, -0.2) is 9.97 Å². The van der Waals surface area contributed by atoms with Crippen molar-refractivity contribution < 1.29 is 4.79 Å². The van der Waals surface area contributed by atoms with E-state index in [-0.39, 0.29) is 30.0 Å². The van der Waals surface area contributed by atoms with Crippen LogP contribution >= 0.6 is 0 Å². The molecule has 152 valence electrons. The lowest BCUT2D eigenvalue weighted by Gasteiger charge is -2.14. The van der Waals surface area contributed by atoms with Crippen LogP contribution in [0.2, 0.25) is 0 Å². The van der Waals surface area contributed by atoms with Crippen molar-refractivity contribution in [1.29, 1.82) is 0 Å². The van der Waals surface area contributed by atoms with Crippen LogP contribution < -0.4 is 10.9 Å². The van der Waals surface area contributed by atoms with Gasteiger partial charge in [0.15, 0.2) is 0 Å².